The van der Waals surface area contributed by atoms with Gasteiger partial charge in [0.05, 0.1) is 19.1 Å². The number of ether oxygens (including phenoxy) is 1. The van der Waals surface area contributed by atoms with Crippen molar-refractivity contribution in [2.24, 2.45) is 0 Å². The van der Waals surface area contributed by atoms with Crippen LogP contribution in [-0.4, -0.2) is 23.8 Å². The van der Waals surface area contributed by atoms with E-state index >= 15 is 0 Å². The standard InChI is InChI=1S/C12H14O3/c13-12(14)7-10(6-11-8-15-11)9-4-2-1-3-5-9/h1-5,10-11H,6-8H2,(H,13,14). The van der Waals surface area contributed by atoms with Crippen molar-refractivity contribution in [3.63, 3.8) is 0 Å². The van der Waals surface area contributed by atoms with E-state index in [-0.39, 0.29) is 18.4 Å². The summed E-state index contributed by atoms with van der Waals surface area (Å²) in [6, 6.07) is 9.79. The summed E-state index contributed by atoms with van der Waals surface area (Å²) in [5.74, 6) is -0.666. The molecule has 1 aromatic rings. The first-order valence-electron chi connectivity index (χ1n) is 5.14. The van der Waals surface area contributed by atoms with Crippen molar-refractivity contribution >= 4 is 5.97 Å². The molecule has 15 heavy (non-hydrogen) atoms. The van der Waals surface area contributed by atoms with Crippen LogP contribution in [0.2, 0.25) is 0 Å². The Kier molecular flexibility index (Phi) is 3.02. The molecule has 1 N–H and O–H groups in total. The van der Waals surface area contributed by atoms with Gasteiger partial charge < -0.3 is 9.84 Å². The third-order valence-corrected chi connectivity index (χ3v) is 2.64. The molecule has 1 aromatic carbocycles. The molecule has 0 aromatic heterocycles. The highest BCUT2D eigenvalue weighted by Gasteiger charge is 2.28. The second kappa shape index (κ2) is 4.45. The van der Waals surface area contributed by atoms with Crippen LogP contribution in [-0.2, 0) is 9.53 Å². The number of carbonyl (C=O) groups is 1. The quantitative estimate of drug-likeness (QED) is 0.750. The van der Waals surface area contributed by atoms with Gasteiger partial charge in [-0.1, -0.05) is 30.3 Å². The molecule has 0 bridgehead atoms. The van der Waals surface area contributed by atoms with E-state index in [9.17, 15) is 4.79 Å². The maximum atomic E-state index is 10.7. The summed E-state index contributed by atoms with van der Waals surface area (Å²) in [6.07, 6.45) is 1.27. The molecule has 1 saturated heterocycles. The van der Waals surface area contributed by atoms with Gasteiger partial charge in [-0.3, -0.25) is 4.79 Å². The fourth-order valence-electron chi connectivity index (χ4n) is 1.79. The highest BCUT2D eigenvalue weighted by atomic mass is 16.6. The summed E-state index contributed by atoms with van der Waals surface area (Å²) in [5, 5.41) is 8.84. The van der Waals surface area contributed by atoms with Gasteiger partial charge in [-0.2, -0.15) is 0 Å². The lowest BCUT2D eigenvalue weighted by molar-refractivity contribution is -0.137. The van der Waals surface area contributed by atoms with Gasteiger partial charge >= 0.3 is 5.97 Å². The minimum atomic E-state index is -0.746. The third kappa shape index (κ3) is 3.06. The van der Waals surface area contributed by atoms with E-state index in [0.717, 1.165) is 18.6 Å². The number of hydrogen-bond acceptors (Lipinski definition) is 2. The first-order chi connectivity index (χ1) is 7.25. The van der Waals surface area contributed by atoms with Gasteiger partial charge in [0.1, 0.15) is 0 Å². The van der Waals surface area contributed by atoms with Crippen LogP contribution in [0, 0.1) is 0 Å². The minimum Gasteiger partial charge on any atom is -0.481 e. The molecule has 1 aliphatic heterocycles. The lowest BCUT2D eigenvalue weighted by Crippen LogP contribution is -2.08. The first kappa shape index (κ1) is 10.2. The number of carboxylic acids is 1. The van der Waals surface area contributed by atoms with Crippen LogP contribution >= 0.6 is 0 Å². The van der Waals surface area contributed by atoms with Crippen molar-refractivity contribution in [1.29, 1.82) is 0 Å². The van der Waals surface area contributed by atoms with Crippen LogP contribution in [0.15, 0.2) is 30.3 Å². The summed E-state index contributed by atoms with van der Waals surface area (Å²) < 4.78 is 5.15. The van der Waals surface area contributed by atoms with Gasteiger partial charge in [0.2, 0.25) is 0 Å². The van der Waals surface area contributed by atoms with Crippen LogP contribution in [0.25, 0.3) is 0 Å². The molecule has 2 atom stereocenters. The largest absolute Gasteiger partial charge is 0.481 e. The highest BCUT2D eigenvalue weighted by Crippen LogP contribution is 2.29. The van der Waals surface area contributed by atoms with Crippen LogP contribution in [0.1, 0.15) is 24.3 Å². The van der Waals surface area contributed by atoms with Gasteiger partial charge in [-0.25, -0.2) is 0 Å². The van der Waals surface area contributed by atoms with E-state index < -0.39 is 5.97 Å². The second-order valence-corrected chi connectivity index (χ2v) is 3.90. The van der Waals surface area contributed by atoms with E-state index in [2.05, 4.69) is 0 Å². The normalized spacial score (nSPS) is 20.9. The maximum Gasteiger partial charge on any atom is 0.303 e. The van der Waals surface area contributed by atoms with Crippen LogP contribution in [0.5, 0.6) is 0 Å². The molecule has 1 aliphatic rings. The lowest BCUT2D eigenvalue weighted by atomic mass is 9.91. The predicted molar refractivity (Wildman–Crippen MR) is 55.8 cm³/mol. The monoisotopic (exact) mass is 206 g/mol. The molecule has 1 heterocycles. The zero-order valence-corrected chi connectivity index (χ0v) is 8.43. The molecule has 0 aliphatic carbocycles. The summed E-state index contributed by atoms with van der Waals surface area (Å²) in [4.78, 5) is 10.7. The Morgan fingerprint density at radius 2 is 2.13 bits per heavy atom. The van der Waals surface area contributed by atoms with E-state index in [1.165, 1.54) is 0 Å². The number of aliphatic carboxylic acids is 1. The molecule has 0 spiro atoms. The zero-order chi connectivity index (χ0) is 10.7. The van der Waals surface area contributed by atoms with E-state index in [1.807, 2.05) is 30.3 Å². The van der Waals surface area contributed by atoms with Crippen LogP contribution in [0.3, 0.4) is 0 Å². The van der Waals surface area contributed by atoms with Gasteiger partial charge in [0.25, 0.3) is 0 Å². The van der Waals surface area contributed by atoms with Crippen LogP contribution < -0.4 is 0 Å². The Bertz CT molecular complexity index is 330. The molecule has 1 fully saturated rings. The Labute approximate surface area is 88.7 Å². The number of benzene rings is 1. The Morgan fingerprint density at radius 3 is 2.67 bits per heavy atom. The van der Waals surface area contributed by atoms with E-state index in [0.29, 0.717) is 0 Å². The smallest absolute Gasteiger partial charge is 0.303 e. The van der Waals surface area contributed by atoms with E-state index in [1.54, 1.807) is 0 Å². The lowest BCUT2D eigenvalue weighted by Gasteiger charge is -2.13. The third-order valence-electron chi connectivity index (χ3n) is 2.64. The average molecular weight is 206 g/mol. The van der Waals surface area contributed by atoms with Crippen molar-refractivity contribution in [1.82, 2.24) is 0 Å². The summed E-state index contributed by atoms with van der Waals surface area (Å²) in [6.45, 7) is 0.781. The highest BCUT2D eigenvalue weighted by molar-refractivity contribution is 5.68. The summed E-state index contributed by atoms with van der Waals surface area (Å²) in [7, 11) is 0. The Balaban J connectivity index is 2.06. The van der Waals surface area contributed by atoms with Crippen molar-refractivity contribution in [3.8, 4) is 0 Å². The Hall–Kier alpha value is -1.35. The van der Waals surface area contributed by atoms with Crippen molar-refractivity contribution in [2.45, 2.75) is 24.9 Å². The molecule has 3 nitrogen and oxygen atoms in total. The van der Waals surface area contributed by atoms with E-state index in [4.69, 9.17) is 9.84 Å². The first-order valence-corrected chi connectivity index (χ1v) is 5.14. The summed E-state index contributed by atoms with van der Waals surface area (Å²) >= 11 is 0. The van der Waals surface area contributed by atoms with Gasteiger partial charge in [0, 0.05) is 0 Å². The van der Waals surface area contributed by atoms with Gasteiger partial charge in [-0.05, 0) is 17.9 Å². The minimum absolute atomic E-state index is 0.0798. The van der Waals surface area contributed by atoms with Crippen molar-refractivity contribution in [3.05, 3.63) is 35.9 Å². The molecule has 80 valence electrons. The SMILES string of the molecule is O=C(O)CC(CC1CO1)c1ccccc1. The van der Waals surface area contributed by atoms with Gasteiger partial charge in [-0.15, -0.1) is 0 Å². The molecule has 0 saturated carbocycles. The number of hydrogen-bond donors (Lipinski definition) is 1. The van der Waals surface area contributed by atoms with Crippen molar-refractivity contribution in [2.75, 3.05) is 6.61 Å². The fraction of sp³-hybridized carbons (Fsp3) is 0.417. The number of carboxylic acid groups (broad SMARTS) is 1. The molecule has 2 unspecified atom stereocenters. The molecule has 2 rings (SSSR count). The average Bonchev–Trinajstić information content (AvgIpc) is 3.01. The molecule has 0 amide bonds. The number of rotatable bonds is 5. The van der Waals surface area contributed by atoms with Crippen molar-refractivity contribution < 1.29 is 14.6 Å². The fourth-order valence-corrected chi connectivity index (χ4v) is 1.79. The van der Waals surface area contributed by atoms with Crippen LogP contribution in [0.4, 0.5) is 0 Å². The number of epoxide rings is 1. The predicted octanol–water partition coefficient (Wildman–Crippen LogP) is 2.03. The Morgan fingerprint density at radius 1 is 1.47 bits per heavy atom. The van der Waals surface area contributed by atoms with Gasteiger partial charge in [0.15, 0.2) is 0 Å². The molecular weight excluding hydrogens is 192 g/mol. The maximum absolute atomic E-state index is 10.7. The molecular formula is C12H14O3. The second-order valence-electron chi connectivity index (χ2n) is 3.90. The molecule has 3 heteroatoms. The molecule has 0 radical (unpaired) electrons. The zero-order valence-electron chi connectivity index (χ0n) is 8.43. The summed E-state index contributed by atoms with van der Waals surface area (Å²) in [5.41, 5.74) is 1.09. The topological polar surface area (TPSA) is 49.8 Å².